The molecule has 0 radical (unpaired) electrons. The molecule has 34 heavy (non-hydrogen) atoms. The van der Waals surface area contributed by atoms with Gasteiger partial charge in [-0.3, -0.25) is 10.1 Å². The van der Waals surface area contributed by atoms with Gasteiger partial charge in [-0.05, 0) is 22.3 Å². The molecule has 1 aliphatic carbocycles. The van der Waals surface area contributed by atoms with Gasteiger partial charge in [0, 0.05) is 30.2 Å². The molecule has 2 unspecified atom stereocenters. The number of hydrogen-bond acceptors (Lipinski definition) is 7. The molecule has 1 amide bonds. The Hall–Kier alpha value is -4.02. The number of aliphatic hydroxyl groups excluding tert-OH is 2. The fourth-order valence-corrected chi connectivity index (χ4v) is 4.13. The summed E-state index contributed by atoms with van der Waals surface area (Å²) in [4.78, 5) is 22.4. The highest BCUT2D eigenvalue weighted by Gasteiger charge is 2.30. The van der Waals surface area contributed by atoms with Gasteiger partial charge in [-0.15, -0.1) is 0 Å². The zero-order chi connectivity index (χ0) is 24.4. The van der Waals surface area contributed by atoms with E-state index in [1.165, 1.54) is 0 Å². The van der Waals surface area contributed by atoms with Crippen molar-refractivity contribution in [2.24, 2.45) is 0 Å². The number of carbonyl (C=O) groups is 1. The summed E-state index contributed by atoms with van der Waals surface area (Å²) in [6.45, 7) is -0.424. The summed E-state index contributed by atoms with van der Waals surface area (Å²) in [6.07, 6.45) is -4.33. The molecule has 5 N–H and O–H groups in total. The molecule has 3 aromatic rings. The summed E-state index contributed by atoms with van der Waals surface area (Å²) >= 11 is 0. The van der Waals surface area contributed by atoms with Gasteiger partial charge in [0.2, 0.25) is 0 Å². The monoisotopic (exact) mass is 467 g/mol. The molecule has 3 aromatic carbocycles. The normalized spacial score (nSPS) is 14.1. The molecule has 0 saturated heterocycles. The summed E-state index contributed by atoms with van der Waals surface area (Å²) in [5, 5.41) is 33.8. The van der Waals surface area contributed by atoms with E-state index >= 15 is 0 Å². The highest BCUT2D eigenvalue weighted by Crippen LogP contribution is 2.44. The van der Waals surface area contributed by atoms with Crippen LogP contribution in [0.15, 0.2) is 60.7 Å². The van der Waals surface area contributed by atoms with Gasteiger partial charge in [-0.1, -0.05) is 48.5 Å². The lowest BCUT2D eigenvalue weighted by Gasteiger charge is -2.20. The number of hydrogen-bond donors (Lipinski definition) is 4. The Morgan fingerprint density at radius 2 is 1.71 bits per heavy atom. The molecule has 0 fully saturated rings. The van der Waals surface area contributed by atoms with Crippen LogP contribution in [-0.2, 0) is 4.74 Å². The molecule has 0 aromatic heterocycles. The van der Waals surface area contributed by atoms with Crippen molar-refractivity contribution in [1.29, 1.82) is 0 Å². The molecule has 1 aliphatic rings. The molecule has 0 heterocycles. The number of fused-ring (bicyclic) bond motifs is 3. The van der Waals surface area contributed by atoms with E-state index in [2.05, 4.69) is 5.32 Å². The second kappa shape index (κ2) is 9.46. The molecule has 9 nitrogen and oxygen atoms in total. The number of nitrogens with zero attached hydrogens (tertiary/aromatic N) is 1. The molecule has 0 aliphatic heterocycles. The van der Waals surface area contributed by atoms with E-state index in [4.69, 9.17) is 10.5 Å². The van der Waals surface area contributed by atoms with Crippen LogP contribution in [0.2, 0.25) is 0 Å². The number of nitro benzene ring substituents is 1. The number of amides is 1. The van der Waals surface area contributed by atoms with E-state index in [1.54, 1.807) is 0 Å². The smallest absolute Gasteiger partial charge is 0.407 e. The second-order valence-corrected chi connectivity index (χ2v) is 7.91. The van der Waals surface area contributed by atoms with Crippen LogP contribution in [0.3, 0.4) is 0 Å². The third-order valence-corrected chi connectivity index (χ3v) is 5.83. The van der Waals surface area contributed by atoms with Gasteiger partial charge in [0.05, 0.1) is 4.92 Å². The molecule has 10 heteroatoms. The maximum atomic E-state index is 14.2. The van der Waals surface area contributed by atoms with Crippen LogP contribution in [0.4, 0.5) is 20.6 Å². The molecule has 176 valence electrons. The number of ether oxygens (including phenoxy) is 1. The van der Waals surface area contributed by atoms with Gasteiger partial charge in [-0.25, -0.2) is 9.18 Å². The Labute approximate surface area is 193 Å². The number of nitrogens with one attached hydrogen (secondary N) is 1. The summed E-state index contributed by atoms with van der Waals surface area (Å²) in [6, 6.07) is 17.1. The van der Waals surface area contributed by atoms with Crippen molar-refractivity contribution in [3.63, 3.8) is 0 Å². The molecule has 0 bridgehead atoms. The van der Waals surface area contributed by atoms with Gasteiger partial charge in [0.15, 0.2) is 0 Å². The Morgan fingerprint density at radius 3 is 2.29 bits per heavy atom. The number of anilines is 1. The number of nitrogens with two attached hydrogens (primary N) is 1. The number of aliphatic hydroxyl groups is 2. The highest BCUT2D eigenvalue weighted by atomic mass is 19.1. The van der Waals surface area contributed by atoms with Crippen molar-refractivity contribution < 1.29 is 29.1 Å². The number of rotatable bonds is 7. The maximum Gasteiger partial charge on any atom is 0.407 e. The Bertz CT molecular complexity index is 1210. The summed E-state index contributed by atoms with van der Waals surface area (Å²) in [7, 11) is 0. The minimum atomic E-state index is -1.84. The zero-order valence-electron chi connectivity index (χ0n) is 17.8. The fourth-order valence-electron chi connectivity index (χ4n) is 4.13. The van der Waals surface area contributed by atoms with Crippen molar-refractivity contribution in [2.75, 3.05) is 18.9 Å². The number of carbonyl (C=O) groups excluding carboxylic acids is 1. The first-order chi connectivity index (χ1) is 16.3. The van der Waals surface area contributed by atoms with Crippen LogP contribution in [0.1, 0.15) is 28.7 Å². The van der Waals surface area contributed by atoms with Crippen LogP contribution in [0.5, 0.6) is 0 Å². The van der Waals surface area contributed by atoms with E-state index in [0.717, 1.165) is 28.3 Å². The quantitative estimate of drug-likeness (QED) is 0.237. The van der Waals surface area contributed by atoms with Crippen LogP contribution in [0, 0.1) is 15.9 Å². The van der Waals surface area contributed by atoms with Crippen molar-refractivity contribution >= 4 is 17.5 Å². The molecule has 0 spiro atoms. The second-order valence-electron chi connectivity index (χ2n) is 7.91. The van der Waals surface area contributed by atoms with E-state index in [-0.39, 0.29) is 12.5 Å². The average molecular weight is 467 g/mol. The standard InChI is InChI=1S/C24H22FN3O6/c25-19-10-20(26)21(28(32)33)9-17(19)23(30)22(29)11-27-24(31)34-12-18-15-7-3-1-5-13(15)14-6-2-4-8-16(14)18/h1-10,18,22-23,29-30H,11-12,26H2,(H,27,31). The fraction of sp³-hybridized carbons (Fsp3) is 0.208. The third-order valence-electron chi connectivity index (χ3n) is 5.83. The first-order valence-electron chi connectivity index (χ1n) is 10.5. The average Bonchev–Trinajstić information content (AvgIpc) is 3.14. The highest BCUT2D eigenvalue weighted by molar-refractivity contribution is 5.79. The van der Waals surface area contributed by atoms with Crippen molar-refractivity contribution in [3.05, 3.63) is 93.3 Å². The minimum Gasteiger partial charge on any atom is -0.449 e. The molecular formula is C24H22FN3O6. The molecular weight excluding hydrogens is 445 g/mol. The van der Waals surface area contributed by atoms with Crippen LogP contribution in [-0.4, -0.2) is 40.5 Å². The summed E-state index contributed by atoms with van der Waals surface area (Å²) < 4.78 is 19.5. The number of halogens is 1. The lowest BCUT2D eigenvalue weighted by molar-refractivity contribution is -0.384. The first-order valence-corrected chi connectivity index (χ1v) is 10.5. The lowest BCUT2D eigenvalue weighted by atomic mass is 9.98. The maximum absolute atomic E-state index is 14.2. The van der Waals surface area contributed by atoms with Gasteiger partial charge in [0.1, 0.15) is 30.3 Å². The lowest BCUT2D eigenvalue weighted by Crippen LogP contribution is -2.36. The van der Waals surface area contributed by atoms with Crippen LogP contribution >= 0.6 is 0 Å². The van der Waals surface area contributed by atoms with Crippen molar-refractivity contribution in [3.8, 4) is 11.1 Å². The molecule has 0 saturated carbocycles. The number of nitrogen functional groups attached to an aromatic ring is 1. The van der Waals surface area contributed by atoms with Crippen LogP contribution < -0.4 is 11.1 Å². The first kappa shape index (κ1) is 23.1. The van der Waals surface area contributed by atoms with Gasteiger partial charge in [0.25, 0.3) is 5.69 Å². The third kappa shape index (κ3) is 4.41. The SMILES string of the molecule is Nc1cc(F)c(C(O)C(O)CNC(=O)OCC2c3ccccc3-c3ccccc32)cc1[N+](=O)[O-]. The number of benzene rings is 3. The summed E-state index contributed by atoms with van der Waals surface area (Å²) in [5.41, 5.74) is 8.10. The molecule has 4 rings (SSSR count). The van der Waals surface area contributed by atoms with Gasteiger partial charge >= 0.3 is 6.09 Å². The van der Waals surface area contributed by atoms with Crippen molar-refractivity contribution in [1.82, 2.24) is 5.32 Å². The van der Waals surface area contributed by atoms with Gasteiger partial charge < -0.3 is 26.0 Å². The largest absolute Gasteiger partial charge is 0.449 e. The summed E-state index contributed by atoms with van der Waals surface area (Å²) in [5.74, 6) is -1.17. The number of nitro groups is 1. The van der Waals surface area contributed by atoms with Gasteiger partial charge in [-0.2, -0.15) is 0 Å². The zero-order valence-corrected chi connectivity index (χ0v) is 17.8. The Balaban J connectivity index is 1.37. The number of alkyl carbamates (subject to hydrolysis) is 1. The van der Waals surface area contributed by atoms with E-state index < -0.39 is 52.5 Å². The van der Waals surface area contributed by atoms with E-state index in [0.29, 0.717) is 6.07 Å². The minimum absolute atomic E-state index is 0.0529. The van der Waals surface area contributed by atoms with Crippen LogP contribution in [0.25, 0.3) is 11.1 Å². The molecule has 2 atom stereocenters. The Kier molecular flexibility index (Phi) is 6.44. The Morgan fingerprint density at radius 1 is 1.12 bits per heavy atom. The van der Waals surface area contributed by atoms with E-state index in [1.807, 2.05) is 48.5 Å². The topological polar surface area (TPSA) is 148 Å². The predicted molar refractivity (Wildman–Crippen MR) is 122 cm³/mol. The van der Waals surface area contributed by atoms with Crippen molar-refractivity contribution in [2.45, 2.75) is 18.1 Å². The predicted octanol–water partition coefficient (Wildman–Crippen LogP) is 3.25. The van der Waals surface area contributed by atoms with E-state index in [9.17, 15) is 29.5 Å².